The van der Waals surface area contributed by atoms with Crippen molar-refractivity contribution < 1.29 is 84.2 Å². The van der Waals surface area contributed by atoms with Crippen molar-refractivity contribution in [2.75, 3.05) is 26.4 Å². The molecule has 0 radical (unpaired) electrons. The highest BCUT2D eigenvalue weighted by Crippen LogP contribution is 2.79. The molecule has 0 amide bonds. The Balaban J connectivity index is 0.992. The minimum absolute atomic E-state index is 0.0389. The second-order valence-electron chi connectivity index (χ2n) is 22.7. The van der Waals surface area contributed by atoms with Crippen LogP contribution in [0.25, 0.3) is 0 Å². The van der Waals surface area contributed by atoms with Gasteiger partial charge in [0.1, 0.15) is 61.0 Å². The molecule has 9 rings (SSSR count). The number of aliphatic hydroxyl groups excluding tert-OH is 10. The normalized spacial score (nSPS) is 60.5. The van der Waals surface area contributed by atoms with Crippen LogP contribution >= 0.6 is 0 Å². The fourth-order valence-electron chi connectivity index (χ4n) is 15.8. The number of hydrogen-bond donors (Lipinski definition) is 10. The molecule has 2 bridgehead atoms. The second-order valence-corrected chi connectivity index (χ2v) is 22.7. The number of allylic oxidation sites excluding steroid dienone is 1. The molecule has 4 heterocycles. The lowest BCUT2D eigenvalue weighted by molar-refractivity contribution is -0.394. The molecule has 0 unspecified atom stereocenters. The van der Waals surface area contributed by atoms with Gasteiger partial charge in [0, 0.05) is 22.2 Å². The Morgan fingerprint density at radius 3 is 2.06 bits per heavy atom. The first-order chi connectivity index (χ1) is 30.1. The summed E-state index contributed by atoms with van der Waals surface area (Å²) in [5.74, 6) is 1.19. The van der Waals surface area contributed by atoms with Gasteiger partial charge in [0.15, 0.2) is 18.9 Å². The highest BCUT2D eigenvalue weighted by atomic mass is 16.8. The molecule has 9 aliphatic rings. The highest BCUT2D eigenvalue weighted by Gasteiger charge is 2.79. The first-order valence-corrected chi connectivity index (χ1v) is 24.0. The summed E-state index contributed by atoms with van der Waals surface area (Å²) in [6, 6.07) is 0. The van der Waals surface area contributed by atoms with Crippen LogP contribution in [0.1, 0.15) is 93.4 Å². The van der Waals surface area contributed by atoms with Gasteiger partial charge in [-0.1, -0.05) is 53.7 Å². The monoisotopic (exact) mass is 913 g/mol. The molecule has 27 atom stereocenters. The zero-order chi connectivity index (χ0) is 46.3. The largest absolute Gasteiger partial charge is 0.396 e. The molecule has 0 aromatic heterocycles. The summed E-state index contributed by atoms with van der Waals surface area (Å²) in [7, 11) is 0. The summed E-state index contributed by atoms with van der Waals surface area (Å²) < 4.78 is 43.8. The third-order valence-corrected chi connectivity index (χ3v) is 20.0. The summed E-state index contributed by atoms with van der Waals surface area (Å²) in [5, 5.41) is 110. The van der Waals surface area contributed by atoms with E-state index in [-0.39, 0.29) is 46.0 Å². The maximum absolute atomic E-state index is 12.3. The molecule has 8 fully saturated rings. The Labute approximate surface area is 376 Å². The van der Waals surface area contributed by atoms with E-state index in [9.17, 15) is 51.1 Å². The van der Waals surface area contributed by atoms with Crippen molar-refractivity contribution in [3.63, 3.8) is 0 Å². The zero-order valence-corrected chi connectivity index (χ0v) is 38.4. The topological polar surface area (TPSA) is 267 Å². The molecule has 5 aliphatic carbocycles. The van der Waals surface area contributed by atoms with Gasteiger partial charge in [0.25, 0.3) is 0 Å². The number of hydrogen-bond acceptors (Lipinski definition) is 17. The van der Waals surface area contributed by atoms with Crippen LogP contribution in [0.3, 0.4) is 0 Å². The number of ether oxygens (including phenoxy) is 7. The molecule has 4 aliphatic heterocycles. The maximum atomic E-state index is 12.3. The van der Waals surface area contributed by atoms with Crippen molar-refractivity contribution in [3.8, 4) is 0 Å². The molecule has 4 saturated carbocycles. The molecule has 17 nitrogen and oxygen atoms in total. The van der Waals surface area contributed by atoms with E-state index in [0.717, 1.165) is 32.1 Å². The van der Waals surface area contributed by atoms with Crippen molar-refractivity contribution in [3.05, 3.63) is 12.2 Å². The quantitative estimate of drug-likeness (QED) is 0.114. The minimum atomic E-state index is -1.81. The Hall–Kier alpha value is -0.940. The molecule has 0 aromatic rings. The van der Waals surface area contributed by atoms with Gasteiger partial charge in [0.05, 0.1) is 50.3 Å². The lowest BCUT2D eigenvalue weighted by Gasteiger charge is -2.73. The van der Waals surface area contributed by atoms with Crippen molar-refractivity contribution in [1.82, 2.24) is 0 Å². The predicted molar refractivity (Wildman–Crippen MR) is 223 cm³/mol. The van der Waals surface area contributed by atoms with E-state index in [2.05, 4.69) is 46.8 Å². The van der Waals surface area contributed by atoms with Gasteiger partial charge in [-0.25, -0.2) is 0 Å². The first-order valence-electron chi connectivity index (χ1n) is 24.0. The summed E-state index contributed by atoms with van der Waals surface area (Å²) in [6.45, 7) is 14.7. The van der Waals surface area contributed by atoms with Crippen LogP contribution in [-0.2, 0) is 33.2 Å². The first kappa shape index (κ1) is 48.1. The van der Waals surface area contributed by atoms with Gasteiger partial charge in [0.2, 0.25) is 0 Å². The highest BCUT2D eigenvalue weighted by molar-refractivity contribution is 5.36. The predicted octanol–water partition coefficient (Wildman–Crippen LogP) is 0.0961. The van der Waals surface area contributed by atoms with Gasteiger partial charge in [-0.2, -0.15) is 0 Å². The van der Waals surface area contributed by atoms with Gasteiger partial charge in [-0.05, 0) is 86.4 Å². The van der Waals surface area contributed by atoms with Crippen molar-refractivity contribution in [2.45, 2.75) is 197 Å². The standard InChI is InChI=1S/C47H76O17/c1-21-8-14-46-20-59-47(38(46)22(21)2)15-10-27-42(4)12-11-29(43(5,19-49)26(42)9-13-44(27,6)45(47,7)16-28(46)51)62-40-36(33(55)30(52)23(3)60-40)64-41-37(34(56)32(54)25(17-48)61-41)63-39-35(57)31(53)24(50)18-58-39/h10,15,21-41,48-57H,8-9,11-14,16-20H2,1-7H3/t21-,22+,23-,24-,25-,26+,27+,28+,29-,30+,31+,32+,33-,34-,35-,36+,37+,38+,39-,40-,41-,42-,43+,44+,45-,46+,47+/m0/s1. The van der Waals surface area contributed by atoms with Gasteiger partial charge < -0.3 is 84.2 Å². The molecule has 366 valence electrons. The molecule has 1 spiro atoms. The number of aliphatic hydroxyl groups is 10. The number of rotatable bonds is 8. The Kier molecular flexibility index (Phi) is 12.5. The average Bonchev–Trinajstić information content (AvgIpc) is 3.57. The average molecular weight is 913 g/mol. The van der Waals surface area contributed by atoms with Gasteiger partial charge >= 0.3 is 0 Å². The van der Waals surface area contributed by atoms with Crippen molar-refractivity contribution >= 4 is 0 Å². The van der Waals surface area contributed by atoms with E-state index in [1.165, 1.54) is 0 Å². The third kappa shape index (κ3) is 6.57. The van der Waals surface area contributed by atoms with E-state index >= 15 is 0 Å². The van der Waals surface area contributed by atoms with Gasteiger partial charge in [-0.3, -0.25) is 0 Å². The van der Waals surface area contributed by atoms with E-state index in [1.807, 2.05) is 6.92 Å². The Bertz CT molecular complexity index is 1740. The van der Waals surface area contributed by atoms with Crippen molar-refractivity contribution in [2.24, 2.45) is 56.7 Å². The molecule has 64 heavy (non-hydrogen) atoms. The molecule has 10 N–H and O–H groups in total. The van der Waals surface area contributed by atoms with E-state index in [0.29, 0.717) is 31.3 Å². The van der Waals surface area contributed by atoms with Crippen LogP contribution < -0.4 is 0 Å². The van der Waals surface area contributed by atoms with Crippen LogP contribution in [0.4, 0.5) is 0 Å². The van der Waals surface area contributed by atoms with Crippen molar-refractivity contribution in [1.29, 1.82) is 0 Å². The maximum Gasteiger partial charge on any atom is 0.187 e. The van der Waals surface area contributed by atoms with Gasteiger partial charge in [-0.15, -0.1) is 0 Å². The van der Waals surface area contributed by atoms with Crippen LogP contribution in [0.5, 0.6) is 0 Å². The molecular weight excluding hydrogens is 836 g/mol. The fourth-order valence-corrected chi connectivity index (χ4v) is 15.8. The Morgan fingerprint density at radius 2 is 1.38 bits per heavy atom. The fraction of sp³-hybridized carbons (Fsp3) is 0.957. The summed E-state index contributed by atoms with van der Waals surface area (Å²) in [5.41, 5.74) is -2.46. The van der Waals surface area contributed by atoms with E-state index in [4.69, 9.17) is 33.2 Å². The second kappa shape index (κ2) is 16.6. The van der Waals surface area contributed by atoms with E-state index in [1.54, 1.807) is 6.92 Å². The molecule has 17 heteroatoms. The van der Waals surface area contributed by atoms with Crippen LogP contribution in [0.2, 0.25) is 0 Å². The van der Waals surface area contributed by atoms with Crippen LogP contribution in [-0.4, -0.2) is 181 Å². The zero-order valence-electron chi connectivity index (χ0n) is 38.4. The molecule has 0 aromatic carbocycles. The summed E-state index contributed by atoms with van der Waals surface area (Å²) in [4.78, 5) is 0. The summed E-state index contributed by atoms with van der Waals surface area (Å²) in [6.07, 6.45) is -12.4. The molecule has 4 saturated heterocycles. The lowest BCUT2D eigenvalue weighted by atomic mass is 9.31. The number of fused-ring (bicyclic) bond motifs is 4. The van der Waals surface area contributed by atoms with E-state index < -0.39 is 122 Å². The van der Waals surface area contributed by atoms with Crippen LogP contribution in [0, 0.1) is 56.7 Å². The summed E-state index contributed by atoms with van der Waals surface area (Å²) >= 11 is 0. The molecular formula is C47H76O17. The SMILES string of the molecule is C[C@H]1[C@@H]2[C@]3(CC[C@@H]1C)CO[C@]21C=C[C@@H]2[C@@]4(C)CC[C@H](O[C@@H]5O[C@@H](C)[C@@H](O)[C@H](O)[C@H]5O[C@@H]5O[C@@H](CO)[C@@H](O)[C@H](O)[C@H]5O[C@@H]5OC[C@H](O)[C@@H](O)[C@@H]5O)[C@](C)(CO)[C@@H]4CC[C@@]2(C)[C@]1(C)C[C@H]3O. The smallest absolute Gasteiger partial charge is 0.187 e. The van der Waals surface area contributed by atoms with Crippen LogP contribution in [0.15, 0.2) is 12.2 Å². The third-order valence-electron chi connectivity index (χ3n) is 20.0. The minimum Gasteiger partial charge on any atom is -0.396 e. The lowest BCUT2D eigenvalue weighted by Crippen LogP contribution is -2.73. The Morgan fingerprint density at radius 1 is 0.703 bits per heavy atom.